The Bertz CT molecular complexity index is 504. The minimum absolute atomic E-state index is 0.452. The molecule has 2 aromatic carbocycles. The van der Waals surface area contributed by atoms with Gasteiger partial charge in [-0.2, -0.15) is 0 Å². The average Bonchev–Trinajstić information content (AvgIpc) is 2.68. The largest absolute Gasteiger partial charge is 0.378 e. The van der Waals surface area contributed by atoms with Crippen LogP contribution in [-0.2, 0) is 6.42 Å². The number of benzene rings is 2. The van der Waals surface area contributed by atoms with E-state index in [0.717, 1.165) is 0 Å². The number of nitrogens with one attached hydrogen (secondary N) is 1. The first-order chi connectivity index (χ1) is 8.34. The molecule has 86 valence electrons. The molecule has 0 saturated heterocycles. The summed E-state index contributed by atoms with van der Waals surface area (Å²) in [7, 11) is 0. The van der Waals surface area contributed by atoms with Gasteiger partial charge in [0, 0.05) is 5.69 Å². The third-order valence-corrected chi connectivity index (χ3v) is 3.60. The summed E-state index contributed by atoms with van der Waals surface area (Å²) in [5.41, 5.74) is 4.17. The van der Waals surface area contributed by atoms with E-state index in [1.165, 1.54) is 23.2 Å². The number of para-hydroxylation sites is 1. The molecule has 1 nitrogen and oxygen atoms in total. The van der Waals surface area contributed by atoms with Crippen LogP contribution in [0.2, 0.25) is 0 Å². The number of hydrogen-bond acceptors (Lipinski definition) is 1. The minimum atomic E-state index is 0.452. The maximum atomic E-state index is 3.65. The lowest BCUT2D eigenvalue weighted by molar-refractivity contribution is 0.542. The molecule has 0 saturated carbocycles. The minimum Gasteiger partial charge on any atom is -0.378 e. The summed E-state index contributed by atoms with van der Waals surface area (Å²) < 4.78 is 0. The topological polar surface area (TPSA) is 12.0 Å². The van der Waals surface area contributed by atoms with Gasteiger partial charge in [0.05, 0.1) is 6.04 Å². The Morgan fingerprint density at radius 2 is 1.65 bits per heavy atom. The molecule has 2 aromatic rings. The first-order valence-electron chi connectivity index (χ1n) is 6.24. The fourth-order valence-corrected chi connectivity index (χ4v) is 2.73. The molecule has 0 heterocycles. The van der Waals surface area contributed by atoms with Gasteiger partial charge in [0.2, 0.25) is 0 Å². The molecular weight excluding hydrogens is 206 g/mol. The summed E-state index contributed by atoms with van der Waals surface area (Å²) in [4.78, 5) is 0. The molecule has 0 spiro atoms. The second-order valence-electron chi connectivity index (χ2n) is 4.87. The van der Waals surface area contributed by atoms with Gasteiger partial charge in [0.15, 0.2) is 0 Å². The van der Waals surface area contributed by atoms with E-state index in [9.17, 15) is 0 Å². The van der Waals surface area contributed by atoms with Gasteiger partial charge in [0.25, 0.3) is 0 Å². The molecule has 1 N–H and O–H groups in total. The lowest BCUT2D eigenvalue weighted by Crippen LogP contribution is -2.14. The van der Waals surface area contributed by atoms with Crippen LogP contribution in [0.5, 0.6) is 0 Å². The maximum absolute atomic E-state index is 3.65. The number of anilines is 1. The van der Waals surface area contributed by atoms with Crippen molar-refractivity contribution < 1.29 is 0 Å². The summed E-state index contributed by atoms with van der Waals surface area (Å²) in [5.74, 6) is 0.660. The lowest BCUT2D eigenvalue weighted by Gasteiger charge is -2.20. The van der Waals surface area contributed by atoms with Crippen molar-refractivity contribution >= 4 is 5.69 Å². The average molecular weight is 223 g/mol. The molecular formula is C16H17N. The van der Waals surface area contributed by atoms with Crippen molar-refractivity contribution in [3.05, 3.63) is 65.7 Å². The van der Waals surface area contributed by atoms with E-state index in [1.54, 1.807) is 0 Å². The van der Waals surface area contributed by atoms with Crippen LogP contribution in [0.15, 0.2) is 54.6 Å². The summed E-state index contributed by atoms with van der Waals surface area (Å²) in [5, 5.41) is 3.65. The maximum Gasteiger partial charge on any atom is 0.0545 e. The van der Waals surface area contributed by atoms with E-state index in [1.807, 2.05) is 0 Å². The smallest absolute Gasteiger partial charge is 0.0545 e. The Kier molecular flexibility index (Phi) is 2.60. The van der Waals surface area contributed by atoms with Crippen LogP contribution in [0, 0.1) is 5.92 Å². The van der Waals surface area contributed by atoms with Gasteiger partial charge in [-0.1, -0.05) is 49.4 Å². The van der Waals surface area contributed by atoms with Gasteiger partial charge in [0.1, 0.15) is 0 Å². The van der Waals surface area contributed by atoms with Gasteiger partial charge in [-0.05, 0) is 35.6 Å². The van der Waals surface area contributed by atoms with Crippen LogP contribution in [0.25, 0.3) is 0 Å². The van der Waals surface area contributed by atoms with E-state index >= 15 is 0 Å². The molecule has 17 heavy (non-hydrogen) atoms. The second kappa shape index (κ2) is 4.25. The van der Waals surface area contributed by atoms with Crippen molar-refractivity contribution in [2.75, 3.05) is 5.32 Å². The molecule has 0 aromatic heterocycles. The summed E-state index contributed by atoms with van der Waals surface area (Å²) in [6, 6.07) is 19.7. The van der Waals surface area contributed by atoms with Crippen molar-refractivity contribution in [2.45, 2.75) is 19.4 Å². The van der Waals surface area contributed by atoms with Crippen molar-refractivity contribution in [3.63, 3.8) is 0 Å². The Balaban J connectivity index is 1.89. The summed E-state index contributed by atoms with van der Waals surface area (Å²) >= 11 is 0. The zero-order valence-corrected chi connectivity index (χ0v) is 10.1. The zero-order chi connectivity index (χ0) is 11.7. The van der Waals surface area contributed by atoms with E-state index in [4.69, 9.17) is 0 Å². The highest BCUT2D eigenvalue weighted by Gasteiger charge is 2.28. The molecule has 2 unspecified atom stereocenters. The standard InChI is InChI=1S/C16H17N/c1-12-11-13-7-5-6-10-15(13)16(12)17-14-8-3-2-4-9-14/h2-10,12,16-17H,11H2,1H3. The second-order valence-corrected chi connectivity index (χ2v) is 4.87. The molecule has 0 fully saturated rings. The van der Waals surface area contributed by atoms with Crippen molar-refractivity contribution in [1.29, 1.82) is 0 Å². The van der Waals surface area contributed by atoms with Crippen molar-refractivity contribution in [1.82, 2.24) is 0 Å². The fourth-order valence-electron chi connectivity index (χ4n) is 2.73. The molecule has 1 heteroatoms. The Labute approximate surface area is 102 Å². The van der Waals surface area contributed by atoms with E-state index < -0.39 is 0 Å². The highest BCUT2D eigenvalue weighted by molar-refractivity contribution is 5.48. The number of rotatable bonds is 2. The van der Waals surface area contributed by atoms with Crippen LogP contribution in [0.3, 0.4) is 0 Å². The lowest BCUT2D eigenvalue weighted by atomic mass is 10.0. The molecule has 0 amide bonds. The predicted molar refractivity (Wildman–Crippen MR) is 72.1 cm³/mol. The zero-order valence-electron chi connectivity index (χ0n) is 10.1. The molecule has 0 aliphatic heterocycles. The number of fused-ring (bicyclic) bond motifs is 1. The molecule has 0 radical (unpaired) electrons. The first-order valence-corrected chi connectivity index (χ1v) is 6.24. The van der Waals surface area contributed by atoms with Crippen molar-refractivity contribution in [2.24, 2.45) is 5.92 Å². The Morgan fingerprint density at radius 1 is 0.941 bits per heavy atom. The highest BCUT2D eigenvalue weighted by atomic mass is 14.9. The number of hydrogen-bond donors (Lipinski definition) is 1. The quantitative estimate of drug-likeness (QED) is 0.810. The monoisotopic (exact) mass is 223 g/mol. The van der Waals surface area contributed by atoms with Gasteiger partial charge in [-0.15, -0.1) is 0 Å². The van der Waals surface area contributed by atoms with Crippen molar-refractivity contribution in [3.8, 4) is 0 Å². The van der Waals surface area contributed by atoms with Crippen LogP contribution in [0.1, 0.15) is 24.1 Å². The molecule has 1 aliphatic carbocycles. The van der Waals surface area contributed by atoms with Crippen LogP contribution < -0.4 is 5.32 Å². The van der Waals surface area contributed by atoms with Crippen LogP contribution in [0.4, 0.5) is 5.69 Å². The molecule has 3 rings (SSSR count). The summed E-state index contributed by atoms with van der Waals surface area (Å²) in [6.45, 7) is 2.32. The normalized spacial score (nSPS) is 22.2. The van der Waals surface area contributed by atoms with E-state index in [-0.39, 0.29) is 0 Å². The van der Waals surface area contributed by atoms with E-state index in [2.05, 4.69) is 66.8 Å². The Hall–Kier alpha value is -1.76. The first kappa shape index (κ1) is 10.4. The fraction of sp³-hybridized carbons (Fsp3) is 0.250. The third kappa shape index (κ3) is 1.93. The van der Waals surface area contributed by atoms with Gasteiger partial charge in [-0.3, -0.25) is 0 Å². The van der Waals surface area contributed by atoms with Gasteiger partial charge >= 0.3 is 0 Å². The van der Waals surface area contributed by atoms with Gasteiger partial charge < -0.3 is 5.32 Å². The highest BCUT2D eigenvalue weighted by Crippen LogP contribution is 2.37. The predicted octanol–water partition coefficient (Wildman–Crippen LogP) is 4.03. The molecule has 1 aliphatic rings. The third-order valence-electron chi connectivity index (χ3n) is 3.60. The van der Waals surface area contributed by atoms with E-state index in [0.29, 0.717) is 12.0 Å². The SMILES string of the molecule is CC1Cc2ccccc2C1Nc1ccccc1. The van der Waals surface area contributed by atoms with Crippen LogP contribution >= 0.6 is 0 Å². The molecule has 0 bridgehead atoms. The van der Waals surface area contributed by atoms with Gasteiger partial charge in [-0.25, -0.2) is 0 Å². The Morgan fingerprint density at radius 3 is 2.47 bits per heavy atom. The molecule has 2 atom stereocenters. The summed E-state index contributed by atoms with van der Waals surface area (Å²) in [6.07, 6.45) is 1.18. The van der Waals surface area contributed by atoms with Crippen LogP contribution in [-0.4, -0.2) is 0 Å².